The number of aromatic nitrogens is 4. The summed E-state index contributed by atoms with van der Waals surface area (Å²) in [5, 5.41) is 16.0. The molecule has 3 aromatic rings. The first-order valence-corrected chi connectivity index (χ1v) is 10.0. The van der Waals surface area contributed by atoms with E-state index < -0.39 is 5.54 Å². The van der Waals surface area contributed by atoms with Crippen molar-refractivity contribution in [2.24, 2.45) is 5.92 Å². The highest BCUT2D eigenvalue weighted by Gasteiger charge is 2.62. The summed E-state index contributed by atoms with van der Waals surface area (Å²) >= 11 is 6.31. The molecule has 2 aromatic heterocycles. The SMILES string of the molecule is Cc1nnc(C23CC(C[C@@H](C)C2)N3C(=O)Nc2ccc(Cl)c(-n3cccn3)c2)o1. The highest BCUT2D eigenvalue weighted by Crippen LogP contribution is 2.55. The van der Waals surface area contributed by atoms with Gasteiger partial charge in [-0.05, 0) is 43.0 Å². The summed E-state index contributed by atoms with van der Waals surface area (Å²) in [5.41, 5.74) is 0.833. The van der Waals surface area contributed by atoms with E-state index >= 15 is 0 Å². The average molecular weight is 413 g/mol. The van der Waals surface area contributed by atoms with Crippen molar-refractivity contribution >= 4 is 23.3 Å². The number of fused-ring (bicyclic) bond motifs is 2. The molecule has 2 aliphatic rings. The molecule has 0 radical (unpaired) electrons. The van der Waals surface area contributed by atoms with Crippen LogP contribution in [0.2, 0.25) is 5.02 Å². The number of nitrogens with zero attached hydrogens (tertiary/aromatic N) is 5. The number of likely N-dealkylation sites (tertiary alicyclic amines) is 1. The Kier molecular flexibility index (Phi) is 4.13. The third-order valence-electron chi connectivity index (χ3n) is 5.85. The van der Waals surface area contributed by atoms with Crippen molar-refractivity contribution in [2.45, 2.75) is 44.7 Å². The summed E-state index contributed by atoms with van der Waals surface area (Å²) in [5.74, 6) is 1.53. The number of halogens is 1. The number of nitrogens with one attached hydrogen (secondary N) is 1. The largest absolute Gasteiger partial charge is 0.423 e. The van der Waals surface area contributed by atoms with Crippen molar-refractivity contribution in [3.63, 3.8) is 0 Å². The molecule has 29 heavy (non-hydrogen) atoms. The molecule has 3 heterocycles. The van der Waals surface area contributed by atoms with E-state index in [9.17, 15) is 4.79 Å². The molecule has 1 aliphatic heterocycles. The maximum atomic E-state index is 13.3. The van der Waals surface area contributed by atoms with E-state index in [-0.39, 0.29) is 12.1 Å². The Morgan fingerprint density at radius 2 is 2.21 bits per heavy atom. The molecule has 150 valence electrons. The number of carbonyl (C=O) groups excluding carboxylic acids is 1. The number of carbonyl (C=O) groups is 1. The lowest BCUT2D eigenvalue weighted by Crippen LogP contribution is -2.70. The summed E-state index contributed by atoms with van der Waals surface area (Å²) in [6, 6.07) is 7.18. The van der Waals surface area contributed by atoms with Gasteiger partial charge in [0.25, 0.3) is 0 Å². The Morgan fingerprint density at radius 3 is 2.93 bits per heavy atom. The summed E-state index contributed by atoms with van der Waals surface area (Å²) in [6.07, 6.45) is 6.13. The smallest absolute Gasteiger partial charge is 0.323 e. The third-order valence-corrected chi connectivity index (χ3v) is 6.17. The Bertz CT molecular complexity index is 1060. The van der Waals surface area contributed by atoms with Crippen LogP contribution >= 0.6 is 11.6 Å². The lowest BCUT2D eigenvalue weighted by atomic mass is 9.64. The highest BCUT2D eigenvalue weighted by molar-refractivity contribution is 6.32. The number of anilines is 1. The number of urea groups is 1. The lowest BCUT2D eigenvalue weighted by molar-refractivity contribution is -0.110. The van der Waals surface area contributed by atoms with Gasteiger partial charge in [-0.2, -0.15) is 5.10 Å². The predicted octanol–water partition coefficient (Wildman–Crippen LogP) is 4.15. The molecule has 2 unspecified atom stereocenters. The van der Waals surface area contributed by atoms with Crippen molar-refractivity contribution in [3.05, 3.63) is 53.5 Å². The number of amides is 2. The maximum Gasteiger partial charge on any atom is 0.323 e. The van der Waals surface area contributed by atoms with Crippen LogP contribution < -0.4 is 5.32 Å². The minimum Gasteiger partial charge on any atom is -0.423 e. The van der Waals surface area contributed by atoms with Gasteiger partial charge in [-0.25, -0.2) is 9.48 Å². The fourth-order valence-electron chi connectivity index (χ4n) is 4.79. The van der Waals surface area contributed by atoms with Gasteiger partial charge in [0.15, 0.2) is 0 Å². The third kappa shape index (κ3) is 2.90. The second-order valence-corrected chi connectivity index (χ2v) is 8.38. The molecule has 2 amide bonds. The fraction of sp³-hybridized carbons (Fsp3) is 0.400. The van der Waals surface area contributed by atoms with E-state index in [1.54, 1.807) is 36.1 Å². The van der Waals surface area contributed by atoms with E-state index in [1.165, 1.54) is 0 Å². The number of hydrogen-bond acceptors (Lipinski definition) is 5. The summed E-state index contributed by atoms with van der Waals surface area (Å²) in [6.45, 7) is 3.97. The van der Waals surface area contributed by atoms with Crippen molar-refractivity contribution in [1.29, 1.82) is 0 Å². The topological polar surface area (TPSA) is 89.1 Å². The summed E-state index contributed by atoms with van der Waals surface area (Å²) in [4.78, 5) is 15.1. The van der Waals surface area contributed by atoms with Crippen LogP contribution in [-0.4, -0.2) is 37.0 Å². The summed E-state index contributed by atoms with van der Waals surface area (Å²) in [7, 11) is 0. The molecule has 1 aromatic carbocycles. The van der Waals surface area contributed by atoms with Gasteiger partial charge in [-0.3, -0.25) is 0 Å². The van der Waals surface area contributed by atoms with Gasteiger partial charge in [0.05, 0.1) is 10.7 Å². The van der Waals surface area contributed by atoms with E-state index in [0.717, 1.165) is 19.3 Å². The standard InChI is InChI=1S/C20H21ClN6O2/c1-12-8-15-11-20(10-12,18-25-24-13(2)29-18)27(15)19(28)23-14-4-5-16(21)17(9-14)26-7-3-6-22-26/h3-7,9,12,15H,8,10-11H2,1-2H3,(H,23,28)/t12-,15?,20?/m1/s1. The zero-order valence-electron chi connectivity index (χ0n) is 16.2. The first-order chi connectivity index (χ1) is 14.0. The zero-order valence-corrected chi connectivity index (χ0v) is 16.9. The molecule has 3 atom stereocenters. The molecule has 1 N–H and O–H groups in total. The van der Waals surface area contributed by atoms with Crippen LogP contribution in [0.15, 0.2) is 41.1 Å². The average Bonchev–Trinajstić information content (AvgIpc) is 3.34. The molecule has 1 saturated heterocycles. The number of aryl methyl sites for hydroxylation is 1. The molecule has 1 aliphatic carbocycles. The number of benzene rings is 1. The van der Waals surface area contributed by atoms with Gasteiger partial charge in [0, 0.05) is 37.5 Å². The summed E-state index contributed by atoms with van der Waals surface area (Å²) < 4.78 is 7.42. The van der Waals surface area contributed by atoms with E-state index in [0.29, 0.717) is 34.1 Å². The van der Waals surface area contributed by atoms with Gasteiger partial charge in [-0.1, -0.05) is 18.5 Å². The molecular formula is C20H21ClN6O2. The van der Waals surface area contributed by atoms with E-state index in [1.807, 2.05) is 17.0 Å². The molecule has 1 saturated carbocycles. The van der Waals surface area contributed by atoms with Crippen LogP contribution in [0.1, 0.15) is 38.0 Å². The molecular weight excluding hydrogens is 392 g/mol. The zero-order chi connectivity index (χ0) is 20.2. The molecule has 2 fully saturated rings. The van der Waals surface area contributed by atoms with Crippen molar-refractivity contribution in [2.75, 3.05) is 5.32 Å². The van der Waals surface area contributed by atoms with Crippen LogP contribution in [0, 0.1) is 12.8 Å². The molecule has 0 spiro atoms. The Balaban J connectivity index is 1.43. The Hall–Kier alpha value is -2.87. The van der Waals surface area contributed by atoms with Gasteiger partial charge >= 0.3 is 6.03 Å². The second kappa shape index (κ2) is 6.59. The predicted molar refractivity (Wildman–Crippen MR) is 107 cm³/mol. The minimum absolute atomic E-state index is 0.169. The van der Waals surface area contributed by atoms with E-state index in [2.05, 4.69) is 27.5 Å². The Morgan fingerprint density at radius 1 is 1.34 bits per heavy atom. The molecule has 2 bridgehead atoms. The van der Waals surface area contributed by atoms with Crippen LogP contribution in [0.25, 0.3) is 5.69 Å². The Labute approximate surface area is 172 Å². The van der Waals surface area contributed by atoms with Gasteiger partial charge in [-0.15, -0.1) is 10.2 Å². The monoisotopic (exact) mass is 412 g/mol. The van der Waals surface area contributed by atoms with Gasteiger partial charge in [0.1, 0.15) is 5.54 Å². The number of piperidine rings is 1. The maximum absolute atomic E-state index is 13.3. The van der Waals surface area contributed by atoms with Crippen molar-refractivity contribution in [3.8, 4) is 5.69 Å². The van der Waals surface area contributed by atoms with Crippen LogP contribution in [0.4, 0.5) is 10.5 Å². The highest BCUT2D eigenvalue weighted by atomic mass is 35.5. The van der Waals surface area contributed by atoms with Gasteiger partial charge < -0.3 is 14.6 Å². The van der Waals surface area contributed by atoms with Gasteiger partial charge in [0.2, 0.25) is 11.8 Å². The van der Waals surface area contributed by atoms with Crippen LogP contribution in [0.3, 0.4) is 0 Å². The number of rotatable bonds is 3. The lowest BCUT2D eigenvalue weighted by Gasteiger charge is -2.61. The van der Waals surface area contributed by atoms with E-state index in [4.69, 9.17) is 16.0 Å². The normalized spacial score (nSPS) is 25.6. The first-order valence-electron chi connectivity index (χ1n) is 9.67. The fourth-order valence-corrected chi connectivity index (χ4v) is 5.00. The first kappa shape index (κ1) is 18.2. The number of hydrogen-bond donors (Lipinski definition) is 1. The second-order valence-electron chi connectivity index (χ2n) is 7.98. The molecule has 9 heteroatoms. The van der Waals surface area contributed by atoms with Crippen molar-refractivity contribution < 1.29 is 9.21 Å². The molecule has 8 nitrogen and oxygen atoms in total. The van der Waals surface area contributed by atoms with Crippen LogP contribution in [0.5, 0.6) is 0 Å². The van der Waals surface area contributed by atoms with Crippen LogP contribution in [-0.2, 0) is 5.54 Å². The quantitative estimate of drug-likeness (QED) is 0.698. The molecule has 5 rings (SSSR count). The minimum atomic E-state index is -0.523. The van der Waals surface area contributed by atoms with Crippen molar-refractivity contribution in [1.82, 2.24) is 24.9 Å².